The molecule has 0 atom stereocenters. The van der Waals surface area contributed by atoms with E-state index >= 15 is 0 Å². The van der Waals surface area contributed by atoms with E-state index in [1.165, 1.54) is 17.8 Å². The number of nitrogens with zero attached hydrogens (tertiary/aromatic N) is 4. The van der Waals surface area contributed by atoms with Gasteiger partial charge in [-0.15, -0.1) is 10.2 Å². The molecule has 0 aliphatic carbocycles. The second-order valence-electron chi connectivity index (χ2n) is 6.31. The van der Waals surface area contributed by atoms with Crippen molar-refractivity contribution >= 4 is 29.1 Å². The highest BCUT2D eigenvalue weighted by molar-refractivity contribution is 7.98. The van der Waals surface area contributed by atoms with E-state index < -0.39 is 4.92 Å². The fourth-order valence-electron chi connectivity index (χ4n) is 3.16. The number of halogens is 1. The van der Waals surface area contributed by atoms with Crippen molar-refractivity contribution in [2.24, 2.45) is 0 Å². The minimum atomic E-state index is -0.408. The van der Waals surface area contributed by atoms with Gasteiger partial charge in [0.05, 0.1) is 11.5 Å². The molecule has 0 N–H and O–H groups in total. The first kappa shape index (κ1) is 19.7. The lowest BCUT2D eigenvalue weighted by Crippen LogP contribution is -2.13. The number of benzene rings is 2. The molecule has 10 heteroatoms. The first-order valence-corrected chi connectivity index (χ1v) is 10.3. The third-order valence-corrected chi connectivity index (χ3v) is 5.71. The number of rotatable bonds is 6. The summed E-state index contributed by atoms with van der Waals surface area (Å²) in [5.74, 6) is 1.83. The van der Waals surface area contributed by atoms with E-state index in [1.807, 2.05) is 35.8 Å². The average molecular weight is 433 g/mol. The van der Waals surface area contributed by atoms with Crippen LogP contribution in [0.4, 0.5) is 5.69 Å². The minimum absolute atomic E-state index is 0.0185. The third kappa shape index (κ3) is 4.07. The zero-order chi connectivity index (χ0) is 20.4. The Hall–Kier alpha value is -2.62. The monoisotopic (exact) mass is 432 g/mol. The van der Waals surface area contributed by atoms with Crippen molar-refractivity contribution in [1.82, 2.24) is 14.8 Å². The maximum absolute atomic E-state index is 11.3. The van der Waals surface area contributed by atoms with Crippen LogP contribution in [0.1, 0.15) is 18.1 Å². The van der Waals surface area contributed by atoms with Crippen molar-refractivity contribution in [2.75, 3.05) is 6.79 Å². The fourth-order valence-corrected chi connectivity index (χ4v) is 4.32. The summed E-state index contributed by atoms with van der Waals surface area (Å²) in [4.78, 5) is 10.9. The van der Waals surface area contributed by atoms with Gasteiger partial charge in [-0.2, -0.15) is 0 Å². The van der Waals surface area contributed by atoms with Gasteiger partial charge >= 0.3 is 0 Å². The van der Waals surface area contributed by atoms with Gasteiger partial charge in [-0.25, -0.2) is 0 Å². The predicted molar refractivity (Wildman–Crippen MR) is 109 cm³/mol. The Morgan fingerprint density at radius 3 is 2.93 bits per heavy atom. The van der Waals surface area contributed by atoms with Crippen molar-refractivity contribution in [3.8, 4) is 17.1 Å². The molecule has 29 heavy (non-hydrogen) atoms. The summed E-state index contributed by atoms with van der Waals surface area (Å²) in [5.41, 5.74) is 2.31. The highest BCUT2D eigenvalue weighted by atomic mass is 35.5. The number of hydrogen-bond donors (Lipinski definition) is 0. The van der Waals surface area contributed by atoms with E-state index in [2.05, 4.69) is 10.2 Å². The number of non-ortho nitro benzene ring substituents is 1. The molecule has 0 spiro atoms. The number of fused-ring (bicyclic) bond motifs is 1. The van der Waals surface area contributed by atoms with Crippen LogP contribution in [0.25, 0.3) is 11.4 Å². The van der Waals surface area contributed by atoms with Crippen LogP contribution in [0.15, 0.2) is 41.6 Å². The lowest BCUT2D eigenvalue weighted by atomic mass is 10.1. The molecule has 0 saturated carbocycles. The number of aromatic nitrogens is 3. The van der Waals surface area contributed by atoms with Crippen LogP contribution in [0, 0.1) is 10.1 Å². The Labute approximate surface area is 175 Å². The van der Waals surface area contributed by atoms with Gasteiger partial charge < -0.3 is 14.0 Å². The maximum Gasteiger partial charge on any atom is 0.270 e. The van der Waals surface area contributed by atoms with Crippen LogP contribution < -0.4 is 4.74 Å². The van der Waals surface area contributed by atoms with Crippen LogP contribution in [-0.2, 0) is 23.6 Å². The summed E-state index contributed by atoms with van der Waals surface area (Å²) in [6.07, 6.45) is 0. The number of nitro groups is 1. The van der Waals surface area contributed by atoms with Gasteiger partial charge in [0, 0.05) is 46.1 Å². The first-order valence-electron chi connectivity index (χ1n) is 8.89. The lowest BCUT2D eigenvalue weighted by Gasteiger charge is -2.20. The van der Waals surface area contributed by atoms with Crippen LogP contribution in [0.2, 0.25) is 5.02 Å². The number of hydrogen-bond acceptors (Lipinski definition) is 7. The third-order valence-electron chi connectivity index (χ3n) is 4.46. The molecular weight excluding hydrogens is 416 g/mol. The molecule has 8 nitrogen and oxygen atoms in total. The van der Waals surface area contributed by atoms with Crippen LogP contribution in [-0.4, -0.2) is 26.5 Å². The average Bonchev–Trinajstić information content (AvgIpc) is 3.14. The zero-order valence-corrected chi connectivity index (χ0v) is 17.1. The molecule has 4 rings (SSSR count). The quantitative estimate of drug-likeness (QED) is 0.317. The lowest BCUT2D eigenvalue weighted by molar-refractivity contribution is -0.385. The van der Waals surface area contributed by atoms with Gasteiger partial charge in [0.15, 0.2) is 17.8 Å². The van der Waals surface area contributed by atoms with Gasteiger partial charge in [-0.3, -0.25) is 10.1 Å². The summed E-state index contributed by atoms with van der Waals surface area (Å²) in [7, 11) is 0. The topological polar surface area (TPSA) is 92.3 Å². The van der Waals surface area contributed by atoms with E-state index in [0.717, 1.165) is 22.1 Å². The molecule has 0 bridgehead atoms. The van der Waals surface area contributed by atoms with Crippen molar-refractivity contribution in [3.63, 3.8) is 0 Å². The Balaban J connectivity index is 1.63. The molecule has 1 aromatic heterocycles. The highest BCUT2D eigenvalue weighted by Gasteiger charge is 2.22. The maximum atomic E-state index is 11.3. The van der Waals surface area contributed by atoms with Gasteiger partial charge in [-0.05, 0) is 19.1 Å². The predicted octanol–water partition coefficient (Wildman–Crippen LogP) is 4.69. The van der Waals surface area contributed by atoms with Crippen molar-refractivity contribution in [3.05, 3.63) is 62.7 Å². The van der Waals surface area contributed by atoms with Crippen LogP contribution in [0.5, 0.6) is 5.75 Å². The smallest absolute Gasteiger partial charge is 0.270 e. The Kier molecular flexibility index (Phi) is 5.70. The van der Waals surface area contributed by atoms with Crippen LogP contribution >= 0.6 is 23.4 Å². The molecule has 0 radical (unpaired) electrons. The van der Waals surface area contributed by atoms with E-state index in [0.29, 0.717) is 35.2 Å². The van der Waals surface area contributed by atoms with Crippen molar-refractivity contribution in [1.29, 1.82) is 0 Å². The second-order valence-corrected chi connectivity index (χ2v) is 7.69. The molecule has 1 aliphatic heterocycles. The normalized spacial score (nSPS) is 13.0. The van der Waals surface area contributed by atoms with Gasteiger partial charge in [-0.1, -0.05) is 35.5 Å². The van der Waals surface area contributed by atoms with Gasteiger partial charge in [0.2, 0.25) is 0 Å². The Morgan fingerprint density at radius 2 is 2.17 bits per heavy atom. The molecule has 0 amide bonds. The molecule has 3 aromatic rings. The number of ether oxygens (including phenoxy) is 2. The summed E-state index contributed by atoms with van der Waals surface area (Å²) in [6.45, 7) is 3.11. The van der Waals surface area contributed by atoms with E-state index in [-0.39, 0.29) is 12.5 Å². The van der Waals surface area contributed by atoms with Crippen LogP contribution in [0.3, 0.4) is 0 Å². The zero-order valence-electron chi connectivity index (χ0n) is 15.5. The SMILES string of the molecule is CCn1c(SCc2cc([N+](=O)[O-])cc3c2OCOC3)nnc1-c1cccc(Cl)c1. The Morgan fingerprint density at radius 1 is 1.31 bits per heavy atom. The summed E-state index contributed by atoms with van der Waals surface area (Å²) in [6, 6.07) is 10.5. The molecule has 0 unspecified atom stereocenters. The van der Waals surface area contributed by atoms with E-state index in [1.54, 1.807) is 6.07 Å². The molecule has 2 heterocycles. The van der Waals surface area contributed by atoms with E-state index in [9.17, 15) is 10.1 Å². The summed E-state index contributed by atoms with van der Waals surface area (Å²) >= 11 is 7.55. The Bertz CT molecular complexity index is 1070. The van der Waals surface area contributed by atoms with Crippen molar-refractivity contribution < 1.29 is 14.4 Å². The number of thioether (sulfide) groups is 1. The summed E-state index contributed by atoms with van der Waals surface area (Å²) in [5, 5.41) is 21.3. The van der Waals surface area contributed by atoms with E-state index in [4.69, 9.17) is 21.1 Å². The molecule has 150 valence electrons. The summed E-state index contributed by atoms with van der Waals surface area (Å²) < 4.78 is 12.9. The minimum Gasteiger partial charge on any atom is -0.467 e. The molecule has 0 saturated heterocycles. The second kappa shape index (κ2) is 8.40. The van der Waals surface area contributed by atoms with Gasteiger partial charge in [0.25, 0.3) is 5.69 Å². The fraction of sp³-hybridized carbons (Fsp3) is 0.263. The highest BCUT2D eigenvalue weighted by Crippen LogP contribution is 2.36. The molecule has 2 aromatic carbocycles. The first-order chi connectivity index (χ1) is 14.1. The molecule has 0 fully saturated rings. The standard InChI is InChI=1S/C19H17ClN4O4S/c1-2-23-18(12-4-3-5-15(20)6-12)21-22-19(23)29-10-14-8-16(24(25)26)7-13-9-27-11-28-17(13)14/h3-8H,2,9-11H2,1H3. The molecule has 1 aliphatic rings. The number of nitro benzene ring substituents is 1. The molecular formula is C19H17ClN4O4S. The van der Waals surface area contributed by atoms with Crippen molar-refractivity contribution in [2.45, 2.75) is 31.0 Å². The van der Waals surface area contributed by atoms with Gasteiger partial charge in [0.1, 0.15) is 5.75 Å². The largest absolute Gasteiger partial charge is 0.467 e.